The number of nitrogens with zero attached hydrogens (tertiary/aromatic N) is 3. The lowest BCUT2D eigenvalue weighted by molar-refractivity contribution is -0.385. The van der Waals surface area contributed by atoms with Gasteiger partial charge in [-0.1, -0.05) is 0 Å². The summed E-state index contributed by atoms with van der Waals surface area (Å²) in [6, 6.07) is 8.47. The summed E-state index contributed by atoms with van der Waals surface area (Å²) in [5.74, 6) is 1.53. The smallest absolute Gasteiger partial charge is 0.315 e. The Hall–Kier alpha value is -3.86. The molecule has 0 aliphatic carbocycles. The summed E-state index contributed by atoms with van der Waals surface area (Å²) in [7, 11) is 5.90. The van der Waals surface area contributed by atoms with Crippen LogP contribution in [-0.2, 0) is 0 Å². The Balaban J connectivity index is 1.78. The zero-order chi connectivity index (χ0) is 22.4. The van der Waals surface area contributed by atoms with Gasteiger partial charge >= 0.3 is 5.69 Å². The Labute approximate surface area is 182 Å². The van der Waals surface area contributed by atoms with Gasteiger partial charge in [0.1, 0.15) is 0 Å². The Morgan fingerprint density at radius 3 is 2.42 bits per heavy atom. The van der Waals surface area contributed by atoms with Gasteiger partial charge in [-0.15, -0.1) is 11.3 Å². The number of ether oxygens (including phenoxy) is 4. The highest BCUT2D eigenvalue weighted by atomic mass is 32.1. The first-order chi connectivity index (χ1) is 15.0. The van der Waals surface area contributed by atoms with Gasteiger partial charge < -0.3 is 18.9 Å². The molecule has 0 fully saturated rings. The monoisotopic (exact) mass is 444 g/mol. The summed E-state index contributed by atoms with van der Waals surface area (Å²) < 4.78 is 20.8. The Bertz CT molecular complexity index is 1120. The number of hydrogen-bond acceptors (Lipinski definition) is 10. The van der Waals surface area contributed by atoms with Crippen molar-refractivity contribution < 1.29 is 23.9 Å². The lowest BCUT2D eigenvalue weighted by atomic mass is 10.1. The molecule has 1 aromatic heterocycles. The van der Waals surface area contributed by atoms with Gasteiger partial charge in [0.2, 0.25) is 10.9 Å². The van der Waals surface area contributed by atoms with E-state index in [0.29, 0.717) is 22.2 Å². The minimum atomic E-state index is -0.539. The second-order valence-corrected chi connectivity index (χ2v) is 6.87. The minimum Gasteiger partial charge on any atom is -0.493 e. The predicted octanol–water partition coefficient (Wildman–Crippen LogP) is 4.20. The fourth-order valence-electron chi connectivity index (χ4n) is 2.79. The van der Waals surface area contributed by atoms with Crippen LogP contribution in [0.1, 0.15) is 5.56 Å². The normalized spacial score (nSPS) is 10.7. The molecule has 3 aromatic rings. The van der Waals surface area contributed by atoms with E-state index >= 15 is 0 Å². The molecule has 31 heavy (non-hydrogen) atoms. The number of nitrogens with one attached hydrogen (secondary N) is 1. The topological polar surface area (TPSA) is 117 Å². The van der Waals surface area contributed by atoms with Gasteiger partial charge in [-0.2, -0.15) is 5.10 Å². The number of hydrazone groups is 1. The molecule has 0 bridgehead atoms. The van der Waals surface area contributed by atoms with E-state index < -0.39 is 4.92 Å². The second kappa shape index (κ2) is 9.76. The molecule has 162 valence electrons. The van der Waals surface area contributed by atoms with Gasteiger partial charge in [-0.25, -0.2) is 4.98 Å². The van der Waals surface area contributed by atoms with E-state index in [-0.39, 0.29) is 17.2 Å². The number of thiazole rings is 1. The molecule has 0 atom stereocenters. The van der Waals surface area contributed by atoms with E-state index in [1.54, 1.807) is 20.3 Å². The number of hydrogen-bond donors (Lipinski definition) is 1. The molecule has 0 amide bonds. The van der Waals surface area contributed by atoms with Crippen molar-refractivity contribution in [1.82, 2.24) is 4.98 Å². The molecule has 2 aromatic carbocycles. The minimum absolute atomic E-state index is 0.0529. The van der Waals surface area contributed by atoms with Gasteiger partial charge in [0, 0.05) is 22.6 Å². The average molecular weight is 444 g/mol. The van der Waals surface area contributed by atoms with E-state index in [4.69, 9.17) is 18.9 Å². The third-order valence-electron chi connectivity index (χ3n) is 4.24. The summed E-state index contributed by atoms with van der Waals surface area (Å²) >= 11 is 1.36. The number of aromatic nitrogens is 1. The fourth-order valence-corrected chi connectivity index (χ4v) is 3.46. The summed E-state index contributed by atoms with van der Waals surface area (Å²) in [5.41, 5.74) is 4.68. The van der Waals surface area contributed by atoms with Crippen LogP contribution in [0.5, 0.6) is 23.0 Å². The van der Waals surface area contributed by atoms with Crippen molar-refractivity contribution >= 4 is 28.4 Å². The molecule has 1 N–H and O–H groups in total. The molecular formula is C20H20N4O6S. The van der Waals surface area contributed by atoms with Crippen LogP contribution in [0.2, 0.25) is 0 Å². The Morgan fingerprint density at radius 1 is 1.03 bits per heavy atom. The van der Waals surface area contributed by atoms with Crippen LogP contribution in [0, 0.1) is 10.1 Å². The van der Waals surface area contributed by atoms with Crippen LogP contribution in [-0.4, -0.2) is 44.6 Å². The number of methoxy groups -OCH3 is 4. The lowest BCUT2D eigenvalue weighted by Gasteiger charge is -2.08. The van der Waals surface area contributed by atoms with Crippen molar-refractivity contribution in [2.75, 3.05) is 33.9 Å². The molecule has 10 nitrogen and oxygen atoms in total. The molecule has 0 spiro atoms. The maximum absolute atomic E-state index is 11.3. The van der Waals surface area contributed by atoms with Crippen LogP contribution >= 0.6 is 11.3 Å². The molecule has 0 saturated carbocycles. The first kappa shape index (κ1) is 21.8. The Morgan fingerprint density at radius 2 is 1.77 bits per heavy atom. The zero-order valence-electron chi connectivity index (χ0n) is 17.2. The third-order valence-corrected chi connectivity index (χ3v) is 4.98. The van der Waals surface area contributed by atoms with Crippen molar-refractivity contribution in [3.05, 3.63) is 51.4 Å². The molecule has 1 heterocycles. The van der Waals surface area contributed by atoms with Crippen LogP contribution in [0.3, 0.4) is 0 Å². The second-order valence-electron chi connectivity index (χ2n) is 6.01. The maximum Gasteiger partial charge on any atom is 0.315 e. The first-order valence-corrected chi connectivity index (χ1v) is 9.76. The van der Waals surface area contributed by atoms with Crippen molar-refractivity contribution in [3.63, 3.8) is 0 Å². The molecule has 0 aliphatic heterocycles. The first-order valence-electron chi connectivity index (χ1n) is 8.88. The SMILES string of the molecule is COc1ccc(-c2csc(N/N=C\c3cc(OC)c(OC)c([N+](=O)[O-])c3)n2)cc1OC. The highest BCUT2D eigenvalue weighted by Crippen LogP contribution is 2.37. The van der Waals surface area contributed by atoms with Crippen molar-refractivity contribution in [1.29, 1.82) is 0 Å². The molecule has 0 radical (unpaired) electrons. The molecule has 3 rings (SSSR count). The van der Waals surface area contributed by atoms with Gasteiger partial charge in [-0.3, -0.25) is 15.5 Å². The van der Waals surface area contributed by atoms with Crippen LogP contribution < -0.4 is 24.4 Å². The number of anilines is 1. The molecular weight excluding hydrogens is 424 g/mol. The van der Waals surface area contributed by atoms with E-state index in [0.717, 1.165) is 11.3 Å². The largest absolute Gasteiger partial charge is 0.493 e. The van der Waals surface area contributed by atoms with Crippen molar-refractivity contribution in [2.45, 2.75) is 0 Å². The zero-order valence-corrected chi connectivity index (χ0v) is 18.1. The number of benzene rings is 2. The summed E-state index contributed by atoms with van der Waals surface area (Å²) in [4.78, 5) is 15.3. The maximum atomic E-state index is 11.3. The van der Waals surface area contributed by atoms with E-state index in [2.05, 4.69) is 15.5 Å². The summed E-state index contributed by atoms with van der Waals surface area (Å²) in [6.07, 6.45) is 1.44. The predicted molar refractivity (Wildman–Crippen MR) is 118 cm³/mol. The highest BCUT2D eigenvalue weighted by Gasteiger charge is 2.21. The summed E-state index contributed by atoms with van der Waals surface area (Å²) in [5, 5.41) is 17.9. The van der Waals surface area contributed by atoms with Crippen LogP contribution in [0.15, 0.2) is 40.8 Å². The number of nitro benzene ring substituents is 1. The third kappa shape index (κ3) is 4.83. The molecule has 0 unspecified atom stereocenters. The van der Waals surface area contributed by atoms with Gasteiger partial charge in [0.15, 0.2) is 17.2 Å². The highest BCUT2D eigenvalue weighted by molar-refractivity contribution is 7.14. The van der Waals surface area contributed by atoms with Crippen molar-refractivity contribution in [3.8, 4) is 34.3 Å². The van der Waals surface area contributed by atoms with Gasteiger partial charge in [-0.05, 0) is 24.3 Å². The Kier molecular flexibility index (Phi) is 6.88. The molecule has 11 heteroatoms. The summed E-state index contributed by atoms with van der Waals surface area (Å²) in [6.45, 7) is 0. The number of rotatable bonds is 9. The molecule has 0 aliphatic rings. The standard InChI is InChI=1S/C20H20N4O6S/c1-27-16-6-5-13(9-17(16)28-2)14-11-31-20(22-14)23-21-10-12-7-15(24(25)26)19(30-4)18(8-12)29-3/h5-11H,1-4H3,(H,22,23)/b21-10-. The number of nitro groups is 1. The van der Waals surface area contributed by atoms with Crippen LogP contribution in [0.4, 0.5) is 10.8 Å². The molecule has 0 saturated heterocycles. The fraction of sp³-hybridized carbons (Fsp3) is 0.200. The lowest BCUT2D eigenvalue weighted by Crippen LogP contribution is -1.99. The quantitative estimate of drug-likeness (QED) is 0.296. The van der Waals surface area contributed by atoms with E-state index in [1.807, 2.05) is 23.6 Å². The van der Waals surface area contributed by atoms with Gasteiger partial charge in [0.05, 0.1) is 45.3 Å². The van der Waals surface area contributed by atoms with Crippen molar-refractivity contribution in [2.24, 2.45) is 5.10 Å². The van der Waals surface area contributed by atoms with E-state index in [1.165, 1.54) is 37.8 Å². The van der Waals surface area contributed by atoms with Gasteiger partial charge in [0.25, 0.3) is 0 Å². The van der Waals surface area contributed by atoms with E-state index in [9.17, 15) is 10.1 Å². The average Bonchev–Trinajstić information content (AvgIpc) is 3.26. The van der Waals surface area contributed by atoms with Crippen LogP contribution in [0.25, 0.3) is 11.3 Å².